The highest BCUT2D eigenvalue weighted by molar-refractivity contribution is 7.71. The first-order chi connectivity index (χ1) is 10.2. The summed E-state index contributed by atoms with van der Waals surface area (Å²) in [6.07, 6.45) is 0.774. The average molecular weight is 301 g/mol. The Morgan fingerprint density at radius 2 is 2.14 bits per heavy atom. The fourth-order valence-electron chi connectivity index (χ4n) is 2.35. The van der Waals surface area contributed by atoms with Crippen LogP contribution in [0.15, 0.2) is 35.1 Å². The van der Waals surface area contributed by atoms with Gasteiger partial charge >= 0.3 is 0 Å². The first-order valence-corrected chi connectivity index (χ1v) is 7.09. The second-order valence-corrected chi connectivity index (χ2v) is 5.12. The fourth-order valence-corrected chi connectivity index (χ4v) is 2.64. The lowest BCUT2D eigenvalue weighted by molar-refractivity contribution is 0.630. The van der Waals surface area contributed by atoms with Gasteiger partial charge < -0.3 is 10.3 Å². The third-order valence-corrected chi connectivity index (χ3v) is 3.66. The molecule has 108 valence electrons. The monoisotopic (exact) mass is 301 g/mol. The number of para-hydroxylation sites is 1. The molecule has 1 aromatic carbocycles. The van der Waals surface area contributed by atoms with Crippen molar-refractivity contribution in [1.29, 1.82) is 0 Å². The highest BCUT2D eigenvalue weighted by atomic mass is 32.1. The Kier molecular flexibility index (Phi) is 3.68. The van der Waals surface area contributed by atoms with Crippen LogP contribution in [0.1, 0.15) is 6.42 Å². The predicted octanol–water partition coefficient (Wildman–Crippen LogP) is 1.80. The number of fused-ring (bicyclic) bond motifs is 1. The lowest BCUT2D eigenvalue weighted by Crippen LogP contribution is -2.16. The van der Waals surface area contributed by atoms with Crippen LogP contribution >= 0.6 is 12.2 Å². The number of rotatable bonds is 4. The third-order valence-electron chi connectivity index (χ3n) is 3.33. The SMILES string of the molecule is NCCCn1c(-c2n[nH]c3ccccc23)cc(=O)[nH]c1=S. The van der Waals surface area contributed by atoms with Gasteiger partial charge in [-0.05, 0) is 31.2 Å². The second-order valence-electron chi connectivity index (χ2n) is 4.74. The standard InChI is InChI=1S/C14H15N5OS/c15-6-3-7-19-11(8-12(20)16-14(19)21)13-9-4-1-2-5-10(9)17-18-13/h1-2,4-5,8H,3,6-7,15H2,(H,17,18)(H,16,20,21). The summed E-state index contributed by atoms with van der Waals surface area (Å²) in [5.41, 5.74) is 7.69. The highest BCUT2D eigenvalue weighted by Crippen LogP contribution is 2.25. The van der Waals surface area contributed by atoms with E-state index in [0.29, 0.717) is 23.6 Å². The molecule has 0 saturated heterocycles. The van der Waals surface area contributed by atoms with Crippen LogP contribution in [-0.4, -0.2) is 26.3 Å². The molecule has 0 bridgehead atoms. The number of H-pyrrole nitrogens is 2. The van der Waals surface area contributed by atoms with E-state index in [1.54, 1.807) is 0 Å². The van der Waals surface area contributed by atoms with Gasteiger partial charge in [0.05, 0.1) is 11.2 Å². The van der Waals surface area contributed by atoms with Gasteiger partial charge in [0.2, 0.25) is 0 Å². The van der Waals surface area contributed by atoms with Crippen molar-refractivity contribution < 1.29 is 0 Å². The molecule has 0 spiro atoms. The number of aromatic amines is 2. The van der Waals surface area contributed by atoms with E-state index in [-0.39, 0.29) is 5.56 Å². The number of hydrogen-bond acceptors (Lipinski definition) is 4. The molecule has 7 heteroatoms. The average Bonchev–Trinajstić information content (AvgIpc) is 2.89. The van der Waals surface area contributed by atoms with Gasteiger partial charge in [0.15, 0.2) is 4.77 Å². The molecule has 0 fully saturated rings. The largest absolute Gasteiger partial charge is 0.330 e. The van der Waals surface area contributed by atoms with Gasteiger partial charge in [-0.3, -0.25) is 14.9 Å². The molecule has 0 aliphatic rings. The molecule has 3 rings (SSSR count). The lowest BCUT2D eigenvalue weighted by atomic mass is 10.1. The number of nitrogens with zero attached hydrogens (tertiary/aromatic N) is 2. The molecule has 6 nitrogen and oxygen atoms in total. The lowest BCUT2D eigenvalue weighted by Gasteiger charge is -2.11. The quantitative estimate of drug-likeness (QED) is 0.641. The van der Waals surface area contributed by atoms with Crippen molar-refractivity contribution in [3.8, 4) is 11.4 Å². The van der Waals surface area contributed by atoms with Gasteiger partial charge in [0.1, 0.15) is 5.69 Å². The maximum atomic E-state index is 11.8. The molecular weight excluding hydrogens is 286 g/mol. The summed E-state index contributed by atoms with van der Waals surface area (Å²) < 4.78 is 2.25. The van der Waals surface area contributed by atoms with Crippen LogP contribution < -0.4 is 11.3 Å². The summed E-state index contributed by atoms with van der Waals surface area (Å²) in [4.78, 5) is 14.4. The summed E-state index contributed by atoms with van der Waals surface area (Å²) in [7, 11) is 0. The first kappa shape index (κ1) is 13.7. The zero-order valence-electron chi connectivity index (χ0n) is 11.3. The van der Waals surface area contributed by atoms with Crippen molar-refractivity contribution in [3.63, 3.8) is 0 Å². The topological polar surface area (TPSA) is 92.5 Å². The Morgan fingerprint density at radius 3 is 2.95 bits per heavy atom. The minimum absolute atomic E-state index is 0.230. The van der Waals surface area contributed by atoms with Gasteiger partial charge in [-0.1, -0.05) is 18.2 Å². The van der Waals surface area contributed by atoms with E-state index >= 15 is 0 Å². The maximum Gasteiger partial charge on any atom is 0.252 e. The third kappa shape index (κ3) is 2.53. The van der Waals surface area contributed by atoms with Crippen molar-refractivity contribution in [2.45, 2.75) is 13.0 Å². The smallest absolute Gasteiger partial charge is 0.252 e. The van der Waals surface area contributed by atoms with Crippen LogP contribution in [0.3, 0.4) is 0 Å². The van der Waals surface area contributed by atoms with Gasteiger partial charge in [-0.25, -0.2) is 0 Å². The van der Waals surface area contributed by atoms with Crippen LogP contribution in [0.4, 0.5) is 0 Å². The van der Waals surface area contributed by atoms with Crippen LogP contribution in [0.2, 0.25) is 0 Å². The molecule has 0 atom stereocenters. The minimum atomic E-state index is -0.230. The molecule has 0 unspecified atom stereocenters. The number of benzene rings is 1. The van der Waals surface area contributed by atoms with E-state index in [1.807, 2.05) is 28.8 Å². The Labute approximate surface area is 125 Å². The van der Waals surface area contributed by atoms with Crippen LogP contribution in [0, 0.1) is 4.77 Å². The number of nitrogens with one attached hydrogen (secondary N) is 2. The highest BCUT2D eigenvalue weighted by Gasteiger charge is 2.13. The molecular formula is C14H15N5OS. The van der Waals surface area contributed by atoms with Crippen molar-refractivity contribution in [3.05, 3.63) is 45.5 Å². The maximum absolute atomic E-state index is 11.8. The molecule has 2 heterocycles. The van der Waals surface area contributed by atoms with E-state index in [9.17, 15) is 4.79 Å². The molecule has 4 N–H and O–H groups in total. The molecule has 0 aliphatic carbocycles. The summed E-state index contributed by atoms with van der Waals surface area (Å²) in [5, 5.41) is 8.27. The van der Waals surface area contributed by atoms with Crippen molar-refractivity contribution in [2.24, 2.45) is 5.73 Å². The summed E-state index contributed by atoms with van der Waals surface area (Å²) in [6, 6.07) is 9.30. The molecule has 21 heavy (non-hydrogen) atoms. The Bertz CT molecular complexity index is 892. The van der Waals surface area contributed by atoms with E-state index in [2.05, 4.69) is 15.2 Å². The Morgan fingerprint density at radius 1 is 1.33 bits per heavy atom. The number of hydrogen-bond donors (Lipinski definition) is 3. The van der Waals surface area contributed by atoms with Gasteiger partial charge in [-0.2, -0.15) is 5.10 Å². The first-order valence-electron chi connectivity index (χ1n) is 6.68. The molecule has 0 saturated carbocycles. The van der Waals surface area contributed by atoms with Crippen LogP contribution in [-0.2, 0) is 6.54 Å². The van der Waals surface area contributed by atoms with E-state index in [0.717, 1.165) is 23.0 Å². The van der Waals surface area contributed by atoms with Crippen molar-refractivity contribution in [2.75, 3.05) is 6.54 Å². The van der Waals surface area contributed by atoms with E-state index in [4.69, 9.17) is 18.0 Å². The summed E-state index contributed by atoms with van der Waals surface area (Å²) in [5.74, 6) is 0. The molecule has 0 radical (unpaired) electrons. The molecule has 2 aromatic heterocycles. The molecule has 3 aromatic rings. The van der Waals surface area contributed by atoms with E-state index in [1.165, 1.54) is 6.07 Å². The molecule has 0 amide bonds. The zero-order valence-corrected chi connectivity index (χ0v) is 12.1. The zero-order chi connectivity index (χ0) is 14.8. The minimum Gasteiger partial charge on any atom is -0.330 e. The summed E-state index contributed by atoms with van der Waals surface area (Å²) in [6.45, 7) is 1.20. The van der Waals surface area contributed by atoms with Crippen molar-refractivity contribution in [1.82, 2.24) is 19.7 Å². The van der Waals surface area contributed by atoms with Gasteiger partial charge in [0.25, 0.3) is 5.56 Å². The summed E-state index contributed by atoms with van der Waals surface area (Å²) >= 11 is 5.27. The molecule has 0 aliphatic heterocycles. The fraction of sp³-hybridized carbons (Fsp3) is 0.214. The Balaban J connectivity index is 2.26. The van der Waals surface area contributed by atoms with Crippen LogP contribution in [0.25, 0.3) is 22.3 Å². The second kappa shape index (κ2) is 5.63. The van der Waals surface area contributed by atoms with Gasteiger partial charge in [0, 0.05) is 18.0 Å². The number of nitrogens with two attached hydrogens (primary N) is 1. The van der Waals surface area contributed by atoms with Gasteiger partial charge in [-0.15, -0.1) is 0 Å². The Hall–Kier alpha value is -2.25. The van der Waals surface area contributed by atoms with Crippen LogP contribution in [0.5, 0.6) is 0 Å². The normalized spacial score (nSPS) is 11.1. The van der Waals surface area contributed by atoms with E-state index < -0.39 is 0 Å². The predicted molar refractivity (Wildman–Crippen MR) is 84.6 cm³/mol. The van der Waals surface area contributed by atoms with Crippen molar-refractivity contribution >= 4 is 23.1 Å². The number of aromatic nitrogens is 4.